The quantitative estimate of drug-likeness (QED) is 0.642. The van der Waals surface area contributed by atoms with E-state index in [0.29, 0.717) is 36.0 Å². The van der Waals surface area contributed by atoms with Crippen LogP contribution in [0.4, 0.5) is 0 Å². The molecular formula is C24H38O4. The topological polar surface area (TPSA) is 55.8 Å². The molecule has 4 nitrogen and oxygen atoms in total. The highest BCUT2D eigenvalue weighted by Gasteiger charge is 2.40. The van der Waals surface area contributed by atoms with E-state index in [1.807, 2.05) is 0 Å². The van der Waals surface area contributed by atoms with Crippen molar-refractivity contribution >= 4 is 5.97 Å². The van der Waals surface area contributed by atoms with Crippen LogP contribution in [0.25, 0.3) is 0 Å². The average molecular weight is 391 g/mol. The van der Waals surface area contributed by atoms with E-state index >= 15 is 0 Å². The van der Waals surface area contributed by atoms with Crippen LogP contribution in [-0.4, -0.2) is 36.0 Å². The van der Waals surface area contributed by atoms with Gasteiger partial charge in [-0.1, -0.05) is 52.3 Å². The standard InChI is InChI=1S/C24H38O4/c1-5-15(2)14-27-22-11-16(3)10-18-7-6-17(4)21(24(18)22)9-8-20-12-19(25)13-23(26)28-20/h6-7,10,15-17,19-22,24-25H,5,8-9,11-14H2,1-4H3. The summed E-state index contributed by atoms with van der Waals surface area (Å²) in [7, 11) is 0. The van der Waals surface area contributed by atoms with Gasteiger partial charge < -0.3 is 14.6 Å². The van der Waals surface area contributed by atoms with Crippen molar-refractivity contribution in [3.8, 4) is 0 Å². The lowest BCUT2D eigenvalue weighted by Gasteiger charge is -2.44. The molecule has 0 saturated carbocycles. The lowest BCUT2D eigenvalue weighted by Crippen LogP contribution is -2.41. The van der Waals surface area contributed by atoms with Gasteiger partial charge in [0.05, 0.1) is 18.6 Å². The lowest BCUT2D eigenvalue weighted by molar-refractivity contribution is -0.160. The number of ether oxygens (including phenoxy) is 2. The van der Waals surface area contributed by atoms with Crippen molar-refractivity contribution in [1.29, 1.82) is 0 Å². The molecule has 0 aromatic heterocycles. The zero-order valence-electron chi connectivity index (χ0n) is 18.0. The highest BCUT2D eigenvalue weighted by Crippen LogP contribution is 2.45. The molecule has 0 aromatic rings. The molecule has 158 valence electrons. The normalized spacial score (nSPS) is 39.1. The van der Waals surface area contributed by atoms with Crippen LogP contribution in [0.3, 0.4) is 0 Å². The summed E-state index contributed by atoms with van der Waals surface area (Å²) in [4.78, 5) is 11.7. The van der Waals surface area contributed by atoms with Crippen LogP contribution in [0, 0.1) is 29.6 Å². The third kappa shape index (κ3) is 5.27. The largest absolute Gasteiger partial charge is 0.462 e. The summed E-state index contributed by atoms with van der Waals surface area (Å²) in [5.74, 6) is 2.26. The van der Waals surface area contributed by atoms with Gasteiger partial charge in [-0.05, 0) is 48.5 Å². The van der Waals surface area contributed by atoms with Crippen molar-refractivity contribution in [1.82, 2.24) is 0 Å². The van der Waals surface area contributed by atoms with Gasteiger partial charge >= 0.3 is 5.97 Å². The summed E-state index contributed by atoms with van der Waals surface area (Å²) < 4.78 is 12.0. The molecule has 0 radical (unpaired) electrons. The van der Waals surface area contributed by atoms with E-state index in [2.05, 4.69) is 45.9 Å². The molecule has 1 N–H and O–H groups in total. The number of rotatable bonds is 7. The molecule has 8 unspecified atom stereocenters. The Hall–Kier alpha value is -1.13. The minimum atomic E-state index is -0.549. The first-order valence-corrected chi connectivity index (χ1v) is 11.3. The fourth-order valence-electron chi connectivity index (χ4n) is 5.09. The molecule has 0 aromatic carbocycles. The Balaban J connectivity index is 1.70. The molecular weight excluding hydrogens is 352 g/mol. The van der Waals surface area contributed by atoms with Crippen LogP contribution >= 0.6 is 0 Å². The Bertz CT molecular complexity index is 595. The lowest BCUT2D eigenvalue weighted by atomic mass is 9.65. The molecule has 1 heterocycles. The van der Waals surface area contributed by atoms with E-state index in [0.717, 1.165) is 32.3 Å². The number of hydrogen-bond acceptors (Lipinski definition) is 4. The van der Waals surface area contributed by atoms with Crippen molar-refractivity contribution in [2.45, 2.75) is 84.5 Å². The molecule has 3 rings (SSSR count). The summed E-state index contributed by atoms with van der Waals surface area (Å²) in [5.41, 5.74) is 1.43. The van der Waals surface area contributed by atoms with E-state index < -0.39 is 6.10 Å². The number of aliphatic hydroxyl groups excluding tert-OH is 1. The predicted molar refractivity (Wildman–Crippen MR) is 111 cm³/mol. The Labute approximate surface area is 170 Å². The summed E-state index contributed by atoms with van der Waals surface area (Å²) in [5, 5.41) is 9.90. The summed E-state index contributed by atoms with van der Waals surface area (Å²) >= 11 is 0. The van der Waals surface area contributed by atoms with Crippen LogP contribution in [0.5, 0.6) is 0 Å². The molecule has 0 bridgehead atoms. The van der Waals surface area contributed by atoms with Crippen molar-refractivity contribution in [2.24, 2.45) is 29.6 Å². The van der Waals surface area contributed by atoms with Crippen molar-refractivity contribution < 1.29 is 19.4 Å². The van der Waals surface area contributed by atoms with Crippen molar-refractivity contribution in [3.63, 3.8) is 0 Å². The van der Waals surface area contributed by atoms with Crippen molar-refractivity contribution in [2.75, 3.05) is 6.61 Å². The second-order valence-electron chi connectivity index (χ2n) is 9.46. The second-order valence-corrected chi connectivity index (χ2v) is 9.46. The number of allylic oxidation sites excluding steroid dienone is 3. The first-order chi connectivity index (χ1) is 13.4. The van der Waals surface area contributed by atoms with Gasteiger partial charge in [0.25, 0.3) is 0 Å². The summed E-state index contributed by atoms with van der Waals surface area (Å²) in [6, 6.07) is 0. The maximum Gasteiger partial charge on any atom is 0.308 e. The van der Waals surface area contributed by atoms with Gasteiger partial charge in [-0.15, -0.1) is 0 Å². The fraction of sp³-hybridized carbons (Fsp3) is 0.792. The maximum absolute atomic E-state index is 11.7. The number of esters is 1. The second kappa shape index (κ2) is 9.58. The minimum Gasteiger partial charge on any atom is -0.462 e. The Morgan fingerprint density at radius 3 is 2.79 bits per heavy atom. The Morgan fingerprint density at radius 1 is 1.29 bits per heavy atom. The first-order valence-electron chi connectivity index (χ1n) is 11.3. The molecule has 28 heavy (non-hydrogen) atoms. The van der Waals surface area contributed by atoms with Gasteiger partial charge in [0, 0.05) is 18.9 Å². The zero-order valence-corrected chi connectivity index (χ0v) is 18.0. The molecule has 4 heteroatoms. The van der Waals surface area contributed by atoms with Gasteiger partial charge in [-0.25, -0.2) is 0 Å². The Morgan fingerprint density at radius 2 is 2.07 bits per heavy atom. The maximum atomic E-state index is 11.7. The molecule has 0 amide bonds. The van der Waals surface area contributed by atoms with Gasteiger partial charge in [0.1, 0.15) is 6.10 Å². The number of fused-ring (bicyclic) bond motifs is 1. The molecule has 8 atom stereocenters. The zero-order chi connectivity index (χ0) is 20.3. The monoisotopic (exact) mass is 390 g/mol. The number of hydrogen-bond donors (Lipinski definition) is 1. The van der Waals surface area contributed by atoms with E-state index in [-0.39, 0.29) is 24.6 Å². The van der Waals surface area contributed by atoms with Crippen LogP contribution < -0.4 is 0 Å². The van der Waals surface area contributed by atoms with Crippen molar-refractivity contribution in [3.05, 3.63) is 23.8 Å². The molecule has 1 aliphatic heterocycles. The summed E-state index contributed by atoms with van der Waals surface area (Å²) in [6.45, 7) is 9.88. The summed E-state index contributed by atoms with van der Waals surface area (Å²) in [6.07, 6.45) is 11.4. The first kappa shape index (κ1) is 21.6. The number of aliphatic hydroxyl groups is 1. The molecule has 2 aliphatic carbocycles. The van der Waals surface area contributed by atoms with Crippen LogP contribution in [-0.2, 0) is 14.3 Å². The highest BCUT2D eigenvalue weighted by molar-refractivity contribution is 5.70. The number of cyclic esters (lactones) is 1. The van der Waals surface area contributed by atoms with E-state index in [4.69, 9.17) is 9.47 Å². The SMILES string of the molecule is CCC(C)COC1CC(C)C=C2C=CC(C)C(CCC3CC(O)CC(=O)O3)C21. The predicted octanol–water partition coefficient (Wildman–Crippen LogP) is 4.67. The van der Waals surface area contributed by atoms with Gasteiger partial charge in [0.15, 0.2) is 0 Å². The molecule has 0 spiro atoms. The molecule has 3 aliphatic rings. The smallest absolute Gasteiger partial charge is 0.308 e. The number of carbonyl (C=O) groups excluding carboxylic acids is 1. The Kier molecular flexibility index (Phi) is 7.38. The third-order valence-corrected chi connectivity index (χ3v) is 6.94. The molecule has 1 saturated heterocycles. The fourth-order valence-corrected chi connectivity index (χ4v) is 5.09. The van der Waals surface area contributed by atoms with Gasteiger partial charge in [-0.3, -0.25) is 4.79 Å². The van der Waals surface area contributed by atoms with E-state index in [9.17, 15) is 9.90 Å². The van der Waals surface area contributed by atoms with Crippen LogP contribution in [0.15, 0.2) is 23.8 Å². The third-order valence-electron chi connectivity index (χ3n) is 6.94. The minimum absolute atomic E-state index is 0.137. The average Bonchev–Trinajstić information content (AvgIpc) is 2.64. The van der Waals surface area contributed by atoms with Crippen LogP contribution in [0.2, 0.25) is 0 Å². The van der Waals surface area contributed by atoms with Crippen LogP contribution in [0.1, 0.15) is 66.2 Å². The van der Waals surface area contributed by atoms with Gasteiger partial charge in [0.2, 0.25) is 0 Å². The highest BCUT2D eigenvalue weighted by atomic mass is 16.5. The van der Waals surface area contributed by atoms with Gasteiger partial charge in [-0.2, -0.15) is 0 Å². The number of carbonyl (C=O) groups is 1. The van der Waals surface area contributed by atoms with E-state index in [1.54, 1.807) is 0 Å². The van der Waals surface area contributed by atoms with E-state index in [1.165, 1.54) is 5.57 Å². The molecule has 1 fully saturated rings.